The van der Waals surface area contributed by atoms with Gasteiger partial charge >= 0.3 is 0 Å². The van der Waals surface area contributed by atoms with Gasteiger partial charge in [-0.15, -0.1) is 0 Å². The van der Waals surface area contributed by atoms with E-state index in [0.29, 0.717) is 6.10 Å². The zero-order chi connectivity index (χ0) is 11.4. The second kappa shape index (κ2) is 5.59. The lowest BCUT2D eigenvalue weighted by Gasteiger charge is -2.09. The fraction of sp³-hybridized carbons (Fsp3) is 0.818. The van der Waals surface area contributed by atoms with Crippen molar-refractivity contribution in [1.29, 1.82) is 0 Å². The summed E-state index contributed by atoms with van der Waals surface area (Å²) in [6.45, 7) is 4.03. The molecular weight excluding hydrogens is 222 g/mol. The lowest BCUT2D eigenvalue weighted by molar-refractivity contribution is 0.104. The highest BCUT2D eigenvalue weighted by atomic mass is 32.1. The number of rotatable bonds is 5. The molecule has 90 valence electrons. The molecule has 1 N–H and O–H groups in total. The summed E-state index contributed by atoms with van der Waals surface area (Å²) in [5.74, 6) is 1.07. The van der Waals surface area contributed by atoms with Crippen LogP contribution in [0.3, 0.4) is 0 Å². The molecule has 2 heterocycles. The Morgan fingerprint density at radius 1 is 1.62 bits per heavy atom. The van der Waals surface area contributed by atoms with Gasteiger partial charge in [0.15, 0.2) is 4.77 Å². The van der Waals surface area contributed by atoms with Gasteiger partial charge in [0.25, 0.3) is 0 Å². The summed E-state index contributed by atoms with van der Waals surface area (Å²) in [5.41, 5.74) is 0. The van der Waals surface area contributed by atoms with Gasteiger partial charge in [0.2, 0.25) is 0 Å². The first-order valence-corrected chi connectivity index (χ1v) is 6.47. The van der Waals surface area contributed by atoms with Crippen LogP contribution in [0.4, 0.5) is 0 Å². The Morgan fingerprint density at radius 2 is 2.50 bits per heavy atom. The highest BCUT2D eigenvalue weighted by Gasteiger charge is 2.16. The van der Waals surface area contributed by atoms with Crippen LogP contribution < -0.4 is 0 Å². The van der Waals surface area contributed by atoms with Gasteiger partial charge < -0.3 is 9.30 Å². The molecule has 1 atom stereocenters. The zero-order valence-corrected chi connectivity index (χ0v) is 10.6. The number of aromatic nitrogens is 3. The Morgan fingerprint density at radius 3 is 3.19 bits per heavy atom. The molecule has 1 aliphatic rings. The first-order valence-electron chi connectivity index (χ1n) is 6.07. The minimum absolute atomic E-state index is 0.431. The molecule has 1 aromatic rings. The maximum absolute atomic E-state index is 5.61. The summed E-state index contributed by atoms with van der Waals surface area (Å²) in [6, 6.07) is 0. The number of hydrogen-bond donors (Lipinski definition) is 1. The maximum atomic E-state index is 5.61. The van der Waals surface area contributed by atoms with E-state index in [1.807, 2.05) is 0 Å². The van der Waals surface area contributed by atoms with Crippen LogP contribution in [0.15, 0.2) is 0 Å². The third-order valence-electron chi connectivity index (χ3n) is 3.00. The van der Waals surface area contributed by atoms with E-state index >= 15 is 0 Å². The lowest BCUT2D eigenvalue weighted by atomic mass is 10.1. The molecule has 16 heavy (non-hydrogen) atoms. The van der Waals surface area contributed by atoms with Crippen LogP contribution in [0.2, 0.25) is 0 Å². The molecule has 1 unspecified atom stereocenters. The second-order valence-electron chi connectivity index (χ2n) is 4.27. The van der Waals surface area contributed by atoms with Crippen molar-refractivity contribution in [2.75, 3.05) is 6.61 Å². The largest absolute Gasteiger partial charge is 0.378 e. The molecule has 0 aliphatic carbocycles. The molecule has 2 rings (SSSR count). The Labute approximate surface area is 101 Å². The summed E-state index contributed by atoms with van der Waals surface area (Å²) < 4.78 is 8.45. The highest BCUT2D eigenvalue weighted by Crippen LogP contribution is 2.17. The van der Waals surface area contributed by atoms with E-state index in [1.165, 1.54) is 12.8 Å². The van der Waals surface area contributed by atoms with Crippen molar-refractivity contribution in [2.24, 2.45) is 0 Å². The fourth-order valence-corrected chi connectivity index (χ4v) is 2.40. The molecule has 0 spiro atoms. The third kappa shape index (κ3) is 2.71. The summed E-state index contributed by atoms with van der Waals surface area (Å²) in [4.78, 5) is 0. The molecule has 1 saturated heterocycles. The predicted molar refractivity (Wildman–Crippen MR) is 65.0 cm³/mol. The monoisotopic (exact) mass is 241 g/mol. The van der Waals surface area contributed by atoms with E-state index in [4.69, 9.17) is 17.0 Å². The van der Waals surface area contributed by atoms with E-state index < -0.39 is 0 Å². The van der Waals surface area contributed by atoms with Gasteiger partial charge in [-0.05, 0) is 37.9 Å². The van der Waals surface area contributed by atoms with E-state index in [9.17, 15) is 0 Å². The Kier molecular flexibility index (Phi) is 4.12. The van der Waals surface area contributed by atoms with E-state index in [2.05, 4.69) is 21.7 Å². The van der Waals surface area contributed by atoms with Crippen molar-refractivity contribution in [3.8, 4) is 0 Å². The second-order valence-corrected chi connectivity index (χ2v) is 4.66. The van der Waals surface area contributed by atoms with Gasteiger partial charge in [-0.1, -0.05) is 6.92 Å². The van der Waals surface area contributed by atoms with Gasteiger partial charge in [-0.2, -0.15) is 5.10 Å². The average molecular weight is 241 g/mol. The molecule has 1 aliphatic heterocycles. The van der Waals surface area contributed by atoms with Crippen molar-refractivity contribution in [3.63, 3.8) is 0 Å². The van der Waals surface area contributed by atoms with Crippen molar-refractivity contribution >= 4 is 12.2 Å². The number of nitrogens with zero attached hydrogens (tertiary/aromatic N) is 2. The number of ether oxygens (including phenoxy) is 1. The molecule has 1 fully saturated rings. The first kappa shape index (κ1) is 11.8. The first-order chi connectivity index (χ1) is 7.81. The number of aromatic amines is 1. The fourth-order valence-electron chi connectivity index (χ4n) is 2.16. The summed E-state index contributed by atoms with van der Waals surface area (Å²) >= 11 is 5.20. The lowest BCUT2D eigenvalue weighted by Crippen LogP contribution is -2.10. The van der Waals surface area contributed by atoms with Gasteiger partial charge in [-0.25, -0.2) is 0 Å². The molecule has 1 aromatic heterocycles. The van der Waals surface area contributed by atoms with Gasteiger partial charge in [0.05, 0.1) is 6.10 Å². The Bertz CT molecular complexity index is 379. The van der Waals surface area contributed by atoms with Crippen LogP contribution in [0.25, 0.3) is 0 Å². The number of nitrogens with one attached hydrogen (secondary N) is 1. The van der Waals surface area contributed by atoms with E-state index in [-0.39, 0.29) is 0 Å². The maximum Gasteiger partial charge on any atom is 0.195 e. The van der Waals surface area contributed by atoms with Crippen LogP contribution in [0.1, 0.15) is 38.4 Å². The molecule has 4 nitrogen and oxygen atoms in total. The van der Waals surface area contributed by atoms with Crippen molar-refractivity contribution in [1.82, 2.24) is 14.8 Å². The van der Waals surface area contributed by atoms with Gasteiger partial charge in [0, 0.05) is 19.6 Å². The smallest absolute Gasteiger partial charge is 0.195 e. The standard InChI is InChI=1S/C11H19N3OS/c1-2-7-14-10(12-13-11(14)16)6-5-9-4-3-8-15-9/h9H,2-8H2,1H3,(H,13,16). The van der Waals surface area contributed by atoms with Crippen molar-refractivity contribution in [3.05, 3.63) is 10.6 Å². The SMILES string of the molecule is CCCn1c(CCC2CCCO2)n[nH]c1=S. The number of H-pyrrole nitrogens is 1. The topological polar surface area (TPSA) is 42.8 Å². The highest BCUT2D eigenvalue weighted by molar-refractivity contribution is 7.71. The van der Waals surface area contributed by atoms with Crippen LogP contribution in [0, 0.1) is 4.77 Å². The molecule has 0 amide bonds. The Hall–Kier alpha value is -0.680. The summed E-state index contributed by atoms with van der Waals surface area (Å²) in [7, 11) is 0. The van der Waals surface area contributed by atoms with Crippen LogP contribution >= 0.6 is 12.2 Å². The molecule has 0 saturated carbocycles. The molecule has 0 bridgehead atoms. The average Bonchev–Trinajstić information content (AvgIpc) is 2.89. The summed E-state index contributed by atoms with van der Waals surface area (Å²) in [5, 5.41) is 7.16. The molecule has 0 radical (unpaired) electrons. The molecule has 0 aromatic carbocycles. The molecule has 5 heteroatoms. The van der Waals surface area contributed by atoms with Crippen LogP contribution in [0.5, 0.6) is 0 Å². The normalized spacial score (nSPS) is 20.4. The minimum Gasteiger partial charge on any atom is -0.378 e. The quantitative estimate of drug-likeness (QED) is 0.805. The third-order valence-corrected chi connectivity index (χ3v) is 3.31. The number of hydrogen-bond acceptors (Lipinski definition) is 3. The van der Waals surface area contributed by atoms with E-state index in [0.717, 1.165) is 43.0 Å². The van der Waals surface area contributed by atoms with Gasteiger partial charge in [0.1, 0.15) is 5.82 Å². The van der Waals surface area contributed by atoms with E-state index in [1.54, 1.807) is 0 Å². The summed E-state index contributed by atoms with van der Waals surface area (Å²) in [6.07, 6.45) is 5.92. The van der Waals surface area contributed by atoms with Crippen molar-refractivity contribution in [2.45, 2.75) is 51.7 Å². The van der Waals surface area contributed by atoms with Crippen molar-refractivity contribution < 1.29 is 4.74 Å². The minimum atomic E-state index is 0.431. The number of aryl methyl sites for hydroxylation is 1. The van der Waals surface area contributed by atoms with Crippen LogP contribution in [-0.2, 0) is 17.7 Å². The van der Waals surface area contributed by atoms with Gasteiger partial charge in [-0.3, -0.25) is 5.10 Å². The molecular formula is C11H19N3OS. The van der Waals surface area contributed by atoms with Crippen LogP contribution in [-0.4, -0.2) is 27.5 Å². The zero-order valence-electron chi connectivity index (χ0n) is 9.74. The Balaban J connectivity index is 1.95. The predicted octanol–water partition coefficient (Wildman–Crippen LogP) is 2.46.